The van der Waals surface area contributed by atoms with Gasteiger partial charge >= 0.3 is 0 Å². The zero-order valence-electron chi connectivity index (χ0n) is 6.12. The van der Waals surface area contributed by atoms with Crippen LogP contribution in [0.4, 0.5) is 0 Å². The summed E-state index contributed by atoms with van der Waals surface area (Å²) in [5, 5.41) is 2.64. The molecule has 0 saturated carbocycles. The maximum absolute atomic E-state index is 4.17. The summed E-state index contributed by atoms with van der Waals surface area (Å²) in [6.07, 6.45) is 1.24. The van der Waals surface area contributed by atoms with Crippen molar-refractivity contribution in [3.8, 4) is 0 Å². The van der Waals surface area contributed by atoms with Gasteiger partial charge in [0.25, 0.3) is 0 Å². The molecule has 0 aliphatic rings. The van der Waals surface area contributed by atoms with Crippen LogP contribution in [0.3, 0.4) is 0 Å². The van der Waals surface area contributed by atoms with Gasteiger partial charge < -0.3 is 0 Å². The van der Waals surface area contributed by atoms with Crippen molar-refractivity contribution >= 4 is 48.8 Å². The Morgan fingerprint density at radius 3 is 2.40 bits per heavy atom. The predicted molar refractivity (Wildman–Crippen MR) is 61.8 cm³/mol. The lowest BCUT2D eigenvalue weighted by Gasteiger charge is -2.10. The molecule has 0 aromatic carbocycles. The minimum absolute atomic E-state index is 0.773. The molecule has 0 radical (unpaired) electrons. The molecule has 0 saturated heterocycles. The lowest BCUT2D eigenvalue weighted by atomic mass is 10.4. The van der Waals surface area contributed by atoms with E-state index in [-0.39, 0.29) is 0 Å². The zero-order valence-corrected chi connectivity index (χ0v) is 9.54. The van der Waals surface area contributed by atoms with Crippen LogP contribution in [0, 0.1) is 0 Å². The van der Waals surface area contributed by atoms with Gasteiger partial charge in [0.15, 0.2) is 0 Å². The molecule has 1 atom stereocenters. The molecule has 1 unspecified atom stereocenters. The molecule has 0 aliphatic carbocycles. The van der Waals surface area contributed by atoms with Crippen molar-refractivity contribution in [1.82, 2.24) is 0 Å². The Morgan fingerprint density at radius 1 is 1.30 bits per heavy atom. The van der Waals surface area contributed by atoms with Crippen LogP contribution in [0.5, 0.6) is 0 Å². The highest BCUT2D eigenvalue weighted by Gasteiger charge is 2.03. The summed E-state index contributed by atoms with van der Waals surface area (Å²) in [7, 11) is 0. The average molecular weight is 214 g/mol. The zero-order chi connectivity index (χ0) is 7.82. The summed E-state index contributed by atoms with van der Waals surface area (Å²) in [6.45, 7) is 2.22. The lowest BCUT2D eigenvalue weighted by Crippen LogP contribution is -2.04. The van der Waals surface area contributed by atoms with Crippen LogP contribution in [0.15, 0.2) is 0 Å². The van der Waals surface area contributed by atoms with Crippen LogP contribution in [0.1, 0.15) is 13.3 Å². The Labute approximate surface area is 83.1 Å². The first-order valence-electron chi connectivity index (χ1n) is 3.26. The van der Waals surface area contributed by atoms with Crippen molar-refractivity contribution in [2.24, 2.45) is 0 Å². The number of hydrogen-bond acceptors (Lipinski definition) is 4. The van der Waals surface area contributed by atoms with Crippen molar-refractivity contribution in [2.45, 2.75) is 18.6 Å². The van der Waals surface area contributed by atoms with Crippen LogP contribution in [-0.2, 0) is 0 Å². The minimum atomic E-state index is 0.773. The fourth-order valence-corrected chi connectivity index (χ4v) is 3.25. The monoisotopic (exact) mass is 214 g/mol. The van der Waals surface area contributed by atoms with Gasteiger partial charge in [0.2, 0.25) is 0 Å². The average Bonchev–Trinajstić information content (AvgIpc) is 1.98. The van der Waals surface area contributed by atoms with Crippen LogP contribution in [0.2, 0.25) is 0 Å². The van der Waals surface area contributed by atoms with Gasteiger partial charge in [0.05, 0.1) is 0 Å². The Kier molecular flexibility index (Phi) is 9.69. The van der Waals surface area contributed by atoms with Gasteiger partial charge in [0, 0.05) is 21.2 Å². The van der Waals surface area contributed by atoms with E-state index >= 15 is 0 Å². The predicted octanol–water partition coefficient (Wildman–Crippen LogP) is 3.01. The molecule has 62 valence electrons. The van der Waals surface area contributed by atoms with Gasteiger partial charge in [-0.25, -0.2) is 0 Å². The molecule has 0 aromatic heterocycles. The smallest absolute Gasteiger partial charge is 0.0364 e. The molecular formula is C6H14S4. The van der Waals surface area contributed by atoms with Gasteiger partial charge in [-0.1, -0.05) is 6.92 Å². The standard InChI is InChI=1S/C6H14S4/c1-2-6(10-5-8)3-9-4-7/h6-8H,2-5H2,1H3. The summed E-state index contributed by atoms with van der Waals surface area (Å²) in [5.74, 6) is 1.21. The first kappa shape index (κ1) is 11.4. The Bertz CT molecular complexity index is 66.8. The third-order valence-corrected chi connectivity index (χ3v) is 4.31. The highest BCUT2D eigenvalue weighted by molar-refractivity contribution is 8.12. The van der Waals surface area contributed by atoms with E-state index in [1.165, 1.54) is 12.2 Å². The molecule has 0 fully saturated rings. The summed E-state index contributed by atoms with van der Waals surface area (Å²) in [6, 6.07) is 0. The van der Waals surface area contributed by atoms with Crippen molar-refractivity contribution in [3.05, 3.63) is 0 Å². The fourth-order valence-electron chi connectivity index (χ4n) is 0.573. The molecule has 0 amide bonds. The van der Waals surface area contributed by atoms with E-state index in [2.05, 4.69) is 32.2 Å². The molecule has 0 spiro atoms. The third kappa shape index (κ3) is 6.13. The van der Waals surface area contributed by atoms with Crippen molar-refractivity contribution < 1.29 is 0 Å². The molecule has 10 heavy (non-hydrogen) atoms. The quantitative estimate of drug-likeness (QED) is 0.515. The van der Waals surface area contributed by atoms with Crippen LogP contribution in [-0.4, -0.2) is 21.2 Å². The van der Waals surface area contributed by atoms with Crippen LogP contribution in [0.25, 0.3) is 0 Å². The Morgan fingerprint density at radius 2 is 2.00 bits per heavy atom. The number of hydrogen-bond donors (Lipinski definition) is 2. The summed E-state index contributed by atoms with van der Waals surface area (Å²) in [5.41, 5.74) is 0. The van der Waals surface area contributed by atoms with E-state index in [0.29, 0.717) is 0 Å². The second kappa shape index (κ2) is 8.50. The summed E-state index contributed by atoms with van der Waals surface area (Å²) >= 11 is 12.1. The first-order chi connectivity index (χ1) is 4.85. The van der Waals surface area contributed by atoms with E-state index in [1.807, 2.05) is 23.5 Å². The van der Waals surface area contributed by atoms with Gasteiger partial charge in [-0.15, -0.1) is 11.8 Å². The summed E-state index contributed by atoms with van der Waals surface area (Å²) < 4.78 is 0. The van der Waals surface area contributed by atoms with Gasteiger partial charge in [-0.2, -0.15) is 37.0 Å². The molecule has 0 bridgehead atoms. The van der Waals surface area contributed by atoms with E-state index in [0.717, 1.165) is 15.4 Å². The summed E-state index contributed by atoms with van der Waals surface area (Å²) in [4.78, 5) is 0. The minimum Gasteiger partial charge on any atom is -0.168 e. The molecule has 0 aromatic rings. The molecule has 0 aliphatic heterocycles. The molecular weight excluding hydrogens is 200 g/mol. The molecule has 4 heteroatoms. The second-order valence-electron chi connectivity index (χ2n) is 1.83. The lowest BCUT2D eigenvalue weighted by molar-refractivity contribution is 0.919. The molecule has 0 rings (SSSR count). The normalized spacial score (nSPS) is 13.5. The van der Waals surface area contributed by atoms with E-state index in [9.17, 15) is 0 Å². The molecule has 0 heterocycles. The van der Waals surface area contributed by atoms with Crippen LogP contribution < -0.4 is 0 Å². The van der Waals surface area contributed by atoms with Crippen molar-refractivity contribution in [1.29, 1.82) is 0 Å². The molecule has 0 nitrogen and oxygen atoms in total. The van der Waals surface area contributed by atoms with Gasteiger partial charge in [-0.05, 0) is 6.42 Å². The van der Waals surface area contributed by atoms with E-state index in [1.54, 1.807) is 0 Å². The number of thiol groups is 2. The van der Waals surface area contributed by atoms with Crippen molar-refractivity contribution in [2.75, 3.05) is 15.9 Å². The topological polar surface area (TPSA) is 0 Å². The highest BCUT2D eigenvalue weighted by Crippen LogP contribution is 2.20. The highest BCUT2D eigenvalue weighted by atomic mass is 32.2. The number of thioether (sulfide) groups is 2. The maximum atomic E-state index is 4.17. The molecule has 0 N–H and O–H groups in total. The maximum Gasteiger partial charge on any atom is 0.0364 e. The first-order valence-corrected chi connectivity index (χ1v) is 6.73. The Balaban J connectivity index is 3.21. The fraction of sp³-hybridized carbons (Fsp3) is 1.00. The van der Waals surface area contributed by atoms with Gasteiger partial charge in [-0.3, -0.25) is 0 Å². The van der Waals surface area contributed by atoms with Crippen LogP contribution >= 0.6 is 48.8 Å². The Hall–Kier alpha value is 1.40. The SMILES string of the molecule is CCC(CSCS)SCS. The van der Waals surface area contributed by atoms with E-state index in [4.69, 9.17) is 0 Å². The second-order valence-corrected chi connectivity index (χ2v) is 5.63. The van der Waals surface area contributed by atoms with Crippen molar-refractivity contribution in [3.63, 3.8) is 0 Å². The third-order valence-electron chi connectivity index (χ3n) is 1.16. The largest absolute Gasteiger partial charge is 0.168 e. The van der Waals surface area contributed by atoms with Gasteiger partial charge in [0.1, 0.15) is 0 Å². The van der Waals surface area contributed by atoms with E-state index < -0.39 is 0 Å². The number of rotatable bonds is 6.